The first-order chi connectivity index (χ1) is 12.7. The zero-order chi connectivity index (χ0) is 19.7. The Labute approximate surface area is 153 Å². The standard InChI is InChI=1S/C19H21F5N2O/c1-27-12-7-8-16-14(11-12)17(13-5-2-3-6-15(13)26-16)25-10-4-9-18(20,21)19(22,23)24/h7-8,11H,2-6,9-10H2,1H3,(H,25,26). The van der Waals surface area contributed by atoms with Crippen molar-refractivity contribution in [3.05, 3.63) is 29.5 Å². The van der Waals surface area contributed by atoms with Gasteiger partial charge in [-0.3, -0.25) is 4.98 Å². The molecule has 1 aliphatic carbocycles. The molecule has 0 saturated heterocycles. The molecular formula is C19H21F5N2O. The number of halogens is 5. The Morgan fingerprint density at radius 2 is 1.85 bits per heavy atom. The van der Waals surface area contributed by atoms with Crippen LogP contribution in [0.5, 0.6) is 5.75 Å². The summed E-state index contributed by atoms with van der Waals surface area (Å²) < 4.78 is 68.4. The summed E-state index contributed by atoms with van der Waals surface area (Å²) in [5, 5.41) is 3.88. The van der Waals surface area contributed by atoms with Crippen molar-refractivity contribution in [3.8, 4) is 5.75 Å². The van der Waals surface area contributed by atoms with E-state index >= 15 is 0 Å². The molecule has 8 heteroatoms. The molecule has 0 fully saturated rings. The van der Waals surface area contributed by atoms with Crippen molar-refractivity contribution in [2.24, 2.45) is 0 Å². The number of pyridine rings is 1. The Hall–Kier alpha value is -2.12. The molecule has 2 aromatic rings. The number of nitrogens with one attached hydrogen (secondary N) is 1. The monoisotopic (exact) mass is 388 g/mol. The fourth-order valence-electron chi connectivity index (χ4n) is 3.40. The third-order valence-electron chi connectivity index (χ3n) is 4.85. The van der Waals surface area contributed by atoms with Crippen molar-refractivity contribution in [1.29, 1.82) is 0 Å². The first-order valence-electron chi connectivity index (χ1n) is 8.91. The normalized spacial score (nSPS) is 14.9. The lowest BCUT2D eigenvalue weighted by atomic mass is 9.92. The van der Waals surface area contributed by atoms with Gasteiger partial charge in [-0.1, -0.05) is 0 Å². The molecule has 0 saturated carbocycles. The highest BCUT2D eigenvalue weighted by Gasteiger charge is 2.56. The van der Waals surface area contributed by atoms with E-state index in [9.17, 15) is 22.0 Å². The summed E-state index contributed by atoms with van der Waals surface area (Å²) >= 11 is 0. The molecule has 0 bridgehead atoms. The Balaban J connectivity index is 1.84. The first kappa shape index (κ1) is 19.6. The lowest BCUT2D eigenvalue weighted by Crippen LogP contribution is -2.36. The van der Waals surface area contributed by atoms with Crippen molar-refractivity contribution in [1.82, 2.24) is 4.98 Å². The second-order valence-electron chi connectivity index (χ2n) is 6.73. The number of hydrogen-bond donors (Lipinski definition) is 1. The van der Waals surface area contributed by atoms with Crippen LogP contribution in [0.25, 0.3) is 10.9 Å². The number of anilines is 1. The average Bonchev–Trinajstić information content (AvgIpc) is 2.63. The Kier molecular flexibility index (Phi) is 5.44. The SMILES string of the molecule is COc1ccc2nc3c(c(NCCCC(F)(F)C(F)(F)F)c2c1)CCCC3. The average molecular weight is 388 g/mol. The number of aromatic nitrogens is 1. The molecule has 27 heavy (non-hydrogen) atoms. The fraction of sp³-hybridized carbons (Fsp3) is 0.526. The van der Waals surface area contributed by atoms with E-state index in [0.717, 1.165) is 53.5 Å². The van der Waals surface area contributed by atoms with Crippen molar-refractivity contribution in [2.75, 3.05) is 19.0 Å². The lowest BCUT2D eigenvalue weighted by Gasteiger charge is -2.23. The van der Waals surface area contributed by atoms with Crippen LogP contribution in [-0.4, -0.2) is 30.7 Å². The van der Waals surface area contributed by atoms with Crippen LogP contribution in [0.4, 0.5) is 27.6 Å². The quantitative estimate of drug-likeness (QED) is 0.523. The second kappa shape index (κ2) is 7.48. The molecule has 1 aromatic carbocycles. The van der Waals surface area contributed by atoms with Gasteiger partial charge in [0.15, 0.2) is 0 Å². The van der Waals surface area contributed by atoms with Gasteiger partial charge in [0.1, 0.15) is 5.75 Å². The van der Waals surface area contributed by atoms with Gasteiger partial charge in [-0.15, -0.1) is 0 Å². The highest BCUT2D eigenvalue weighted by Crippen LogP contribution is 2.39. The number of benzene rings is 1. The van der Waals surface area contributed by atoms with E-state index in [0.29, 0.717) is 5.75 Å². The first-order valence-corrected chi connectivity index (χ1v) is 8.91. The smallest absolute Gasteiger partial charge is 0.453 e. The Morgan fingerprint density at radius 3 is 2.56 bits per heavy atom. The molecule has 0 amide bonds. The van der Waals surface area contributed by atoms with Crippen LogP contribution in [-0.2, 0) is 12.8 Å². The number of methoxy groups -OCH3 is 1. The summed E-state index contributed by atoms with van der Waals surface area (Å²) in [5.41, 5.74) is 3.50. The van der Waals surface area contributed by atoms with Crippen LogP contribution in [0, 0.1) is 0 Å². The predicted octanol–water partition coefficient (Wildman–Crippen LogP) is 5.51. The summed E-state index contributed by atoms with van der Waals surface area (Å²) in [4.78, 5) is 4.69. The second-order valence-corrected chi connectivity index (χ2v) is 6.73. The van der Waals surface area contributed by atoms with Gasteiger partial charge < -0.3 is 10.1 Å². The minimum absolute atomic E-state index is 0.0223. The van der Waals surface area contributed by atoms with Crippen molar-refractivity contribution >= 4 is 16.6 Å². The number of rotatable bonds is 6. The maximum Gasteiger partial charge on any atom is 0.453 e. The van der Waals surface area contributed by atoms with E-state index in [4.69, 9.17) is 4.74 Å². The summed E-state index contributed by atoms with van der Waals surface area (Å²) in [6.07, 6.45) is -3.39. The van der Waals surface area contributed by atoms with Crippen molar-refractivity contribution < 1.29 is 26.7 Å². The summed E-state index contributed by atoms with van der Waals surface area (Å²) in [7, 11) is 1.54. The molecule has 1 aromatic heterocycles. The largest absolute Gasteiger partial charge is 0.497 e. The van der Waals surface area contributed by atoms with Gasteiger partial charge >= 0.3 is 12.1 Å². The van der Waals surface area contributed by atoms with E-state index in [1.807, 2.05) is 12.1 Å². The molecule has 1 N–H and O–H groups in total. The maximum atomic E-state index is 13.1. The highest BCUT2D eigenvalue weighted by molar-refractivity contribution is 5.94. The lowest BCUT2D eigenvalue weighted by molar-refractivity contribution is -0.284. The minimum atomic E-state index is -5.51. The summed E-state index contributed by atoms with van der Waals surface area (Å²) in [5.74, 6) is -4.04. The van der Waals surface area contributed by atoms with E-state index in [1.165, 1.54) is 0 Å². The highest BCUT2D eigenvalue weighted by atomic mass is 19.4. The number of ether oxygens (including phenoxy) is 1. The van der Waals surface area contributed by atoms with Gasteiger partial charge in [0.25, 0.3) is 0 Å². The zero-order valence-electron chi connectivity index (χ0n) is 14.9. The van der Waals surface area contributed by atoms with Gasteiger partial charge in [-0.25, -0.2) is 0 Å². The van der Waals surface area contributed by atoms with E-state index in [2.05, 4.69) is 10.3 Å². The number of fused-ring (bicyclic) bond motifs is 2. The summed E-state index contributed by atoms with van der Waals surface area (Å²) in [6, 6.07) is 5.42. The van der Waals surface area contributed by atoms with Crippen LogP contribution < -0.4 is 10.1 Å². The molecule has 0 unspecified atom stereocenters. The molecule has 1 heterocycles. The van der Waals surface area contributed by atoms with Crippen LogP contribution in [0.15, 0.2) is 18.2 Å². The van der Waals surface area contributed by atoms with Gasteiger partial charge in [0.2, 0.25) is 0 Å². The van der Waals surface area contributed by atoms with Crippen LogP contribution in [0.2, 0.25) is 0 Å². The third-order valence-corrected chi connectivity index (χ3v) is 4.85. The number of hydrogen-bond acceptors (Lipinski definition) is 3. The van der Waals surface area contributed by atoms with Crippen LogP contribution in [0.3, 0.4) is 0 Å². The predicted molar refractivity (Wildman–Crippen MR) is 93.7 cm³/mol. The van der Waals surface area contributed by atoms with Crippen LogP contribution in [0.1, 0.15) is 36.9 Å². The Bertz CT molecular complexity index is 820. The fourth-order valence-corrected chi connectivity index (χ4v) is 3.40. The zero-order valence-corrected chi connectivity index (χ0v) is 14.9. The van der Waals surface area contributed by atoms with Crippen LogP contribution >= 0.6 is 0 Å². The molecule has 3 nitrogen and oxygen atoms in total. The van der Waals surface area contributed by atoms with Gasteiger partial charge in [-0.05, 0) is 55.9 Å². The maximum absolute atomic E-state index is 13.1. The van der Waals surface area contributed by atoms with E-state index in [-0.39, 0.29) is 13.0 Å². The molecule has 0 atom stereocenters. The molecular weight excluding hydrogens is 367 g/mol. The summed E-state index contributed by atoms with van der Waals surface area (Å²) in [6.45, 7) is 0.0223. The van der Waals surface area contributed by atoms with Gasteiger partial charge in [-0.2, -0.15) is 22.0 Å². The van der Waals surface area contributed by atoms with Crippen molar-refractivity contribution in [2.45, 2.75) is 50.6 Å². The number of alkyl halides is 5. The molecule has 0 radical (unpaired) electrons. The molecule has 1 aliphatic rings. The van der Waals surface area contributed by atoms with E-state index in [1.54, 1.807) is 13.2 Å². The Morgan fingerprint density at radius 1 is 1.11 bits per heavy atom. The van der Waals surface area contributed by atoms with Gasteiger partial charge in [0.05, 0.1) is 12.6 Å². The third kappa shape index (κ3) is 4.09. The molecule has 148 valence electrons. The van der Waals surface area contributed by atoms with Gasteiger partial charge in [0, 0.05) is 29.7 Å². The molecule has 0 spiro atoms. The molecule has 3 rings (SSSR count). The minimum Gasteiger partial charge on any atom is -0.497 e. The topological polar surface area (TPSA) is 34.1 Å². The van der Waals surface area contributed by atoms with Crippen molar-refractivity contribution in [3.63, 3.8) is 0 Å². The van der Waals surface area contributed by atoms with E-state index < -0.39 is 18.5 Å². The number of nitrogens with zero attached hydrogens (tertiary/aromatic N) is 1. The number of aryl methyl sites for hydroxylation is 1. The molecule has 0 aliphatic heterocycles.